The van der Waals surface area contributed by atoms with E-state index in [2.05, 4.69) is 37.9 Å². The van der Waals surface area contributed by atoms with Crippen molar-refractivity contribution in [2.45, 2.75) is 187 Å². The van der Waals surface area contributed by atoms with Crippen molar-refractivity contribution in [3.8, 4) is 0 Å². The quantitative estimate of drug-likeness (QED) is 0.0459. The summed E-state index contributed by atoms with van der Waals surface area (Å²) < 4.78 is 0. The van der Waals surface area contributed by atoms with Crippen LogP contribution in [0.2, 0.25) is 0 Å². The van der Waals surface area contributed by atoms with Gasteiger partial charge in [-0.15, -0.1) is 0 Å². The van der Waals surface area contributed by atoms with E-state index in [9.17, 15) is 76.7 Å². The Kier molecular flexibility index (Phi) is 65.8. The van der Waals surface area contributed by atoms with Crippen molar-refractivity contribution in [3.63, 3.8) is 0 Å². The summed E-state index contributed by atoms with van der Waals surface area (Å²) in [6, 6.07) is -10.6. The zero-order valence-corrected chi connectivity index (χ0v) is 83.7. The summed E-state index contributed by atoms with van der Waals surface area (Å²) >= 11 is 12.4. The zero-order chi connectivity index (χ0) is 82.4. The van der Waals surface area contributed by atoms with Crippen LogP contribution in [0, 0.1) is 0 Å². The average molecular weight is 1870 g/mol. The fourth-order valence-electron chi connectivity index (χ4n) is 8.68. The first-order valence-electron chi connectivity index (χ1n) is 33.3. The summed E-state index contributed by atoms with van der Waals surface area (Å²) in [4.78, 5) is 216. The molecule has 107 heavy (non-hydrogen) atoms. The van der Waals surface area contributed by atoms with E-state index < -0.39 is 96.3 Å². The number of hydrogen-bond donors (Lipinski definition) is 3. The molecule has 0 aromatic rings. The Morgan fingerprint density at radius 1 is 0.215 bits per heavy atom. The van der Waals surface area contributed by atoms with Gasteiger partial charge in [-0.25, -0.2) is 25.1 Å². The van der Waals surface area contributed by atoms with Crippen molar-refractivity contribution in [1.82, 2.24) is 78.4 Å². The van der Waals surface area contributed by atoms with Crippen LogP contribution in [0.5, 0.6) is 0 Å². The summed E-state index contributed by atoms with van der Waals surface area (Å²) in [5.41, 5.74) is 0. The van der Waals surface area contributed by atoms with Gasteiger partial charge < -0.3 is 78.0 Å². The Morgan fingerprint density at radius 3 is 0.542 bits per heavy atom. The summed E-state index contributed by atoms with van der Waals surface area (Å²) in [5, 5.41) is 0. The fraction of sp³-hybridized carbons (Fsp3) is 0.765. The van der Waals surface area contributed by atoms with Crippen molar-refractivity contribution >= 4 is 134 Å². The molecular formula is C68H124N16O16S3Y4-4. The standard InChI is InChI=1S/3C17H31N4O4S.C17H31N4O4.4Y/c1-11(18(4)5)15(23)19(6)12(2)16(24)20(7)13(3)17(25)21(8)14(9-22)10-26;1-11(9-22)19(6)17(25)14(10-26)21(8)16(24)13(3)20(7)15(23)12(2)18(4)5;1-11(9-22)19(6)16(24)13(3)20(7)17(25)14(10-26)21(8)15(23)12(2)18(4)5;1-11(10-22)19(7)16(24)13(3)21(9)17(25)14(4)20(8)15(23)12(2)18(5)6;;;;/h3*11-14,26H,10H2,1-8H3;11-14H,1-9H3;;;;/q4*-1;;;;. The molecule has 39 heteroatoms. The molecule has 4 radical (unpaired) electrons. The molecule has 0 spiro atoms. The second-order valence-corrected chi connectivity index (χ2v) is 27.7. The van der Waals surface area contributed by atoms with Crippen LogP contribution in [0.4, 0.5) is 0 Å². The molecule has 0 aromatic heterocycles. The van der Waals surface area contributed by atoms with Crippen LogP contribution in [0.25, 0.3) is 0 Å². The third-order valence-corrected chi connectivity index (χ3v) is 20.2. The molecule has 0 heterocycles. The smallest absolute Gasteiger partial charge is 0.246 e. The minimum Gasteiger partial charge on any atom is -0.540 e. The number of likely N-dealkylation sites (N-methyl/N-ethyl adjacent to an activating group) is 16. The van der Waals surface area contributed by atoms with Gasteiger partial charge in [0.05, 0.1) is 24.2 Å². The Labute approximate surface area is 756 Å². The van der Waals surface area contributed by atoms with Crippen LogP contribution in [0.1, 0.15) is 90.0 Å². The van der Waals surface area contributed by atoms with E-state index in [0.29, 0.717) is 0 Å². The van der Waals surface area contributed by atoms with Gasteiger partial charge in [-0.1, -0.05) is 44.9 Å². The van der Waals surface area contributed by atoms with Gasteiger partial charge in [0.1, 0.15) is 48.3 Å². The first kappa shape index (κ1) is 120. The van der Waals surface area contributed by atoms with E-state index in [1.807, 2.05) is 0 Å². The molecule has 0 saturated carbocycles. The van der Waals surface area contributed by atoms with Crippen LogP contribution < -0.4 is 0 Å². The second-order valence-electron chi connectivity index (χ2n) is 26.6. The van der Waals surface area contributed by atoms with Crippen molar-refractivity contribution in [3.05, 3.63) is 0 Å². The van der Waals surface area contributed by atoms with Gasteiger partial charge in [0.2, 0.25) is 70.9 Å². The molecule has 16 atom stereocenters. The third-order valence-electron chi connectivity index (χ3n) is 19.2. The van der Waals surface area contributed by atoms with Crippen LogP contribution in [0.15, 0.2) is 0 Å². The Balaban J connectivity index is -0.000000201. The molecule has 0 saturated heterocycles. The average Bonchev–Trinajstić information content (AvgIpc) is 0.843. The molecular weight excluding hydrogens is 1750 g/mol. The Hall–Kier alpha value is -2.37. The number of hydrogen-bond acceptors (Lipinski definition) is 23. The first-order chi connectivity index (χ1) is 47.1. The molecule has 0 aromatic carbocycles. The predicted molar refractivity (Wildman–Crippen MR) is 407 cm³/mol. The molecule has 0 aliphatic heterocycles. The second kappa shape index (κ2) is 58.5. The van der Waals surface area contributed by atoms with Gasteiger partial charge in [-0.05, 0) is 131 Å². The van der Waals surface area contributed by atoms with Crippen molar-refractivity contribution in [2.75, 3.05) is 158 Å². The molecule has 606 valence electrons. The van der Waals surface area contributed by atoms with E-state index in [4.69, 9.17) is 0 Å². The van der Waals surface area contributed by atoms with E-state index in [1.54, 1.807) is 219 Å². The van der Waals surface area contributed by atoms with Gasteiger partial charge in [0.15, 0.2) is 0 Å². The fourth-order valence-corrected chi connectivity index (χ4v) is 9.80. The van der Waals surface area contributed by atoms with Crippen LogP contribution in [-0.4, -0.2) is 429 Å². The van der Waals surface area contributed by atoms with Gasteiger partial charge in [-0.3, -0.25) is 77.1 Å². The van der Waals surface area contributed by atoms with Crippen LogP contribution in [0.3, 0.4) is 0 Å². The minimum absolute atomic E-state index is 0. The van der Waals surface area contributed by atoms with Gasteiger partial charge in [0.25, 0.3) is 0 Å². The van der Waals surface area contributed by atoms with Crippen molar-refractivity contribution in [2.24, 2.45) is 0 Å². The summed E-state index contributed by atoms with van der Waals surface area (Å²) in [6.45, 7) is 21.3. The normalized spacial score (nSPS) is 15.1. The molecule has 0 N–H and O–H groups in total. The maximum Gasteiger partial charge on any atom is 0.246 e. The third kappa shape index (κ3) is 36.3. The number of nitrogens with zero attached hydrogens (tertiary/aromatic N) is 16. The maximum atomic E-state index is 12.8. The summed E-state index contributed by atoms with van der Waals surface area (Å²) in [6.07, 6.45) is 6.98. The van der Waals surface area contributed by atoms with E-state index >= 15 is 0 Å². The van der Waals surface area contributed by atoms with Crippen molar-refractivity contribution in [1.29, 1.82) is 0 Å². The molecule has 16 unspecified atom stereocenters. The van der Waals surface area contributed by atoms with E-state index in [1.165, 1.54) is 115 Å². The summed E-state index contributed by atoms with van der Waals surface area (Å²) in [5.74, 6) is -3.45. The van der Waals surface area contributed by atoms with Gasteiger partial charge >= 0.3 is 0 Å². The predicted octanol–water partition coefficient (Wildman–Crippen LogP) is -1.93. The molecule has 12 amide bonds. The van der Waals surface area contributed by atoms with Crippen molar-refractivity contribution < 1.29 is 208 Å². The monoisotopic (exact) mass is 1870 g/mol. The minimum atomic E-state index is -0.844. The van der Waals surface area contributed by atoms with Gasteiger partial charge in [-0.2, -0.15) is 37.9 Å². The summed E-state index contributed by atoms with van der Waals surface area (Å²) in [7, 11) is 32.5. The van der Waals surface area contributed by atoms with E-state index in [-0.39, 0.29) is 219 Å². The number of rotatable bonds is 35. The number of thiol groups is 3. The molecule has 0 rings (SSSR count). The SMILES string of the molecule is CC(C(=O)N(C)C(C)C(=O)N(C)C(C)C(=O)N(C)C(C)[C-]=O)N(C)C.CC(C(=O)N(C)C(C)C(=O)N(C)C(C)C(=O)N(C)C([C-]=O)CS)N(C)C.CC(C(=O)N(C)C(C)C(=O)N(C)C(CS)C(=O)N(C)C(C)[C-]=O)N(C)C.CC(C(=O)N(C)C(CS)C(=O)N(C)C(C)C(=O)N(C)C(C)[C-]=O)N(C)C.[Y].[Y].[Y].[Y]. The van der Waals surface area contributed by atoms with Crippen LogP contribution >= 0.6 is 37.9 Å². The number of carbonyl (C=O) groups is 12. The topological polar surface area (TPSA) is 325 Å². The molecule has 0 aliphatic carbocycles. The van der Waals surface area contributed by atoms with E-state index in [0.717, 1.165) is 0 Å². The Morgan fingerprint density at radius 2 is 0.364 bits per heavy atom. The largest absolute Gasteiger partial charge is 0.540 e. The molecule has 0 fully saturated rings. The number of carbonyl (C=O) groups excluding carboxylic acids is 16. The van der Waals surface area contributed by atoms with Crippen LogP contribution in [-0.2, 0) is 208 Å². The Bertz CT molecular complexity index is 2850. The molecule has 0 bridgehead atoms. The molecule has 32 nitrogen and oxygen atoms in total. The zero-order valence-electron chi connectivity index (χ0n) is 69.7. The van der Waals surface area contributed by atoms with Gasteiger partial charge in [0, 0.05) is 227 Å². The molecule has 0 aliphatic rings. The number of amides is 12. The first-order valence-corrected chi connectivity index (χ1v) is 35.2. The maximum absolute atomic E-state index is 12.8.